The second kappa shape index (κ2) is 10.8. The molecular formula is C28H24BrFN4O2S. The molecule has 1 amide bonds. The van der Waals surface area contributed by atoms with Crippen molar-refractivity contribution in [1.82, 2.24) is 15.2 Å². The van der Waals surface area contributed by atoms with Gasteiger partial charge in [0.2, 0.25) is 5.91 Å². The van der Waals surface area contributed by atoms with Gasteiger partial charge in [-0.2, -0.15) is 0 Å². The van der Waals surface area contributed by atoms with Crippen molar-refractivity contribution in [3.63, 3.8) is 0 Å². The number of furan rings is 1. The van der Waals surface area contributed by atoms with Crippen molar-refractivity contribution >= 4 is 44.9 Å². The number of halogens is 2. The zero-order valence-electron chi connectivity index (χ0n) is 19.9. The summed E-state index contributed by atoms with van der Waals surface area (Å²) in [7, 11) is 0. The first kappa shape index (κ1) is 25.1. The van der Waals surface area contributed by atoms with Crippen LogP contribution in [0.1, 0.15) is 35.5 Å². The predicted octanol–water partition coefficient (Wildman–Crippen LogP) is 6.55. The monoisotopic (exact) mass is 578 g/mol. The number of pyridine rings is 1. The van der Waals surface area contributed by atoms with Crippen LogP contribution in [-0.2, 0) is 4.79 Å². The van der Waals surface area contributed by atoms with Crippen molar-refractivity contribution in [2.24, 2.45) is 0 Å². The lowest BCUT2D eigenvalue weighted by molar-refractivity contribution is -0.116. The van der Waals surface area contributed by atoms with E-state index in [2.05, 4.69) is 31.5 Å². The molecule has 0 spiro atoms. The Bertz CT molecular complexity index is 1450. The summed E-state index contributed by atoms with van der Waals surface area (Å²) < 4.78 is 21.3. The van der Waals surface area contributed by atoms with E-state index in [1.54, 1.807) is 18.3 Å². The second-order valence-electron chi connectivity index (χ2n) is 8.78. The number of hydrogen-bond acceptors (Lipinski definition) is 4. The van der Waals surface area contributed by atoms with Crippen molar-refractivity contribution in [2.45, 2.75) is 25.4 Å². The average molecular weight is 579 g/mol. The Hall–Kier alpha value is -3.56. The first-order chi connectivity index (χ1) is 17.9. The molecule has 1 aliphatic heterocycles. The molecule has 4 aromatic rings. The molecule has 0 radical (unpaired) electrons. The van der Waals surface area contributed by atoms with Gasteiger partial charge in [-0.25, -0.2) is 4.39 Å². The molecule has 2 atom stereocenters. The summed E-state index contributed by atoms with van der Waals surface area (Å²) >= 11 is 9.31. The van der Waals surface area contributed by atoms with Crippen molar-refractivity contribution in [3.05, 3.63) is 106 Å². The van der Waals surface area contributed by atoms with Crippen LogP contribution in [0.15, 0.2) is 87.9 Å². The molecule has 37 heavy (non-hydrogen) atoms. The van der Waals surface area contributed by atoms with Crippen LogP contribution in [0.2, 0.25) is 0 Å². The summed E-state index contributed by atoms with van der Waals surface area (Å²) in [4.78, 5) is 19.1. The summed E-state index contributed by atoms with van der Waals surface area (Å²) in [6, 6.07) is 21.2. The predicted molar refractivity (Wildman–Crippen MR) is 148 cm³/mol. The molecule has 0 saturated carbocycles. The van der Waals surface area contributed by atoms with Crippen LogP contribution in [0.25, 0.3) is 11.3 Å². The maximum absolute atomic E-state index is 14.0. The zero-order chi connectivity index (χ0) is 25.9. The normalized spacial score (nSPS) is 17.1. The molecule has 188 valence electrons. The highest BCUT2D eigenvalue weighted by atomic mass is 79.9. The molecule has 2 aromatic heterocycles. The number of benzene rings is 2. The van der Waals surface area contributed by atoms with E-state index in [1.807, 2.05) is 60.4 Å². The SMILES string of the molecule is Cc1ccc(-c2ccc([C@@H]3[C@@H](c4ccccn4)NC(=S)N3CCC(=O)Nc3ccccc3F)o2)c(Br)c1. The number of aromatic nitrogens is 1. The van der Waals surface area contributed by atoms with Gasteiger partial charge in [0.25, 0.3) is 0 Å². The summed E-state index contributed by atoms with van der Waals surface area (Å²) in [5.74, 6) is 0.626. The number of nitrogens with one attached hydrogen (secondary N) is 2. The van der Waals surface area contributed by atoms with E-state index in [4.69, 9.17) is 16.6 Å². The molecule has 1 saturated heterocycles. The molecule has 2 aromatic carbocycles. The van der Waals surface area contributed by atoms with Gasteiger partial charge in [0.15, 0.2) is 5.11 Å². The van der Waals surface area contributed by atoms with Gasteiger partial charge in [-0.15, -0.1) is 0 Å². The Labute approximate surface area is 228 Å². The number of amides is 1. The lowest BCUT2D eigenvalue weighted by Gasteiger charge is -2.25. The topological polar surface area (TPSA) is 70.4 Å². The number of nitrogens with zero attached hydrogens (tertiary/aromatic N) is 2. The van der Waals surface area contributed by atoms with E-state index < -0.39 is 5.82 Å². The van der Waals surface area contributed by atoms with E-state index in [9.17, 15) is 9.18 Å². The quantitative estimate of drug-likeness (QED) is 0.242. The number of para-hydroxylation sites is 1. The molecule has 1 aliphatic rings. The lowest BCUT2D eigenvalue weighted by atomic mass is 10.0. The van der Waals surface area contributed by atoms with Crippen LogP contribution in [-0.4, -0.2) is 27.4 Å². The Morgan fingerprint density at radius 3 is 2.73 bits per heavy atom. The Balaban J connectivity index is 1.42. The maximum Gasteiger partial charge on any atom is 0.226 e. The first-order valence-electron chi connectivity index (χ1n) is 11.8. The third kappa shape index (κ3) is 5.42. The van der Waals surface area contributed by atoms with Crippen molar-refractivity contribution in [3.8, 4) is 11.3 Å². The molecule has 0 bridgehead atoms. The van der Waals surface area contributed by atoms with Crippen LogP contribution < -0.4 is 10.6 Å². The number of thiocarbonyl (C=S) groups is 1. The fourth-order valence-corrected chi connectivity index (χ4v) is 5.45. The molecule has 9 heteroatoms. The number of anilines is 1. The van der Waals surface area contributed by atoms with Gasteiger partial charge in [0.05, 0.1) is 17.4 Å². The molecule has 3 heterocycles. The molecule has 1 fully saturated rings. The molecule has 0 unspecified atom stereocenters. The van der Waals surface area contributed by atoms with Crippen LogP contribution in [0, 0.1) is 12.7 Å². The van der Waals surface area contributed by atoms with Crippen LogP contribution in [0.5, 0.6) is 0 Å². The van der Waals surface area contributed by atoms with Gasteiger partial charge in [0.1, 0.15) is 23.4 Å². The van der Waals surface area contributed by atoms with Gasteiger partial charge < -0.3 is 20.0 Å². The van der Waals surface area contributed by atoms with E-state index in [1.165, 1.54) is 12.1 Å². The van der Waals surface area contributed by atoms with Gasteiger partial charge in [-0.3, -0.25) is 9.78 Å². The van der Waals surface area contributed by atoms with Crippen LogP contribution in [0.4, 0.5) is 10.1 Å². The van der Waals surface area contributed by atoms with E-state index in [0.717, 1.165) is 27.1 Å². The summed E-state index contributed by atoms with van der Waals surface area (Å²) in [6.07, 6.45) is 1.84. The number of carbonyl (C=O) groups is 1. The van der Waals surface area contributed by atoms with E-state index in [0.29, 0.717) is 17.4 Å². The fraction of sp³-hybridized carbons (Fsp3) is 0.179. The average Bonchev–Trinajstić information content (AvgIpc) is 3.49. The third-order valence-corrected chi connectivity index (χ3v) is 7.24. The molecule has 2 N–H and O–H groups in total. The number of rotatable bonds is 7. The minimum atomic E-state index is -0.479. The summed E-state index contributed by atoms with van der Waals surface area (Å²) in [5.41, 5.74) is 3.04. The van der Waals surface area contributed by atoms with Gasteiger partial charge in [0, 0.05) is 29.2 Å². The summed E-state index contributed by atoms with van der Waals surface area (Å²) in [6.45, 7) is 2.34. The molecular weight excluding hydrogens is 555 g/mol. The highest BCUT2D eigenvalue weighted by molar-refractivity contribution is 9.10. The van der Waals surface area contributed by atoms with Crippen molar-refractivity contribution in [1.29, 1.82) is 0 Å². The molecule has 0 aliphatic carbocycles. The zero-order valence-corrected chi connectivity index (χ0v) is 22.4. The Morgan fingerprint density at radius 2 is 1.97 bits per heavy atom. The summed E-state index contributed by atoms with van der Waals surface area (Å²) in [5, 5.41) is 6.49. The van der Waals surface area contributed by atoms with Crippen molar-refractivity contribution in [2.75, 3.05) is 11.9 Å². The largest absolute Gasteiger partial charge is 0.459 e. The van der Waals surface area contributed by atoms with E-state index in [-0.39, 0.29) is 30.1 Å². The van der Waals surface area contributed by atoms with Gasteiger partial charge in [-0.05, 0) is 73.2 Å². The highest BCUT2D eigenvalue weighted by Crippen LogP contribution is 2.41. The number of carbonyl (C=O) groups excluding carboxylic acids is 1. The molecule has 6 nitrogen and oxygen atoms in total. The molecule has 5 rings (SSSR count). The maximum atomic E-state index is 14.0. The Kier molecular flexibility index (Phi) is 7.34. The standard InChI is InChI=1S/C28H24BrFN4O2S/c1-17-9-10-18(19(29)16-17)23-11-12-24(36-23)27-26(22-8-4-5-14-31-22)33-28(37)34(27)15-13-25(35)32-21-7-3-2-6-20(21)30/h2-12,14,16,26-27H,13,15H2,1H3,(H,32,35)(H,33,37)/t26-,27-/m1/s1. The first-order valence-corrected chi connectivity index (χ1v) is 13.0. The smallest absolute Gasteiger partial charge is 0.226 e. The Morgan fingerprint density at radius 1 is 1.16 bits per heavy atom. The van der Waals surface area contributed by atoms with Crippen molar-refractivity contribution < 1.29 is 13.6 Å². The van der Waals surface area contributed by atoms with E-state index >= 15 is 0 Å². The van der Waals surface area contributed by atoms with Crippen LogP contribution >= 0.6 is 28.1 Å². The van der Waals surface area contributed by atoms with Gasteiger partial charge in [-0.1, -0.05) is 40.2 Å². The van der Waals surface area contributed by atoms with Crippen LogP contribution in [0.3, 0.4) is 0 Å². The fourth-order valence-electron chi connectivity index (χ4n) is 4.43. The minimum absolute atomic E-state index is 0.110. The lowest BCUT2D eigenvalue weighted by Crippen LogP contribution is -2.32. The number of hydrogen-bond donors (Lipinski definition) is 2. The van der Waals surface area contributed by atoms with Gasteiger partial charge >= 0.3 is 0 Å². The second-order valence-corrected chi connectivity index (χ2v) is 10.0. The number of aryl methyl sites for hydroxylation is 1. The minimum Gasteiger partial charge on any atom is -0.459 e. The third-order valence-electron chi connectivity index (χ3n) is 6.23. The highest BCUT2D eigenvalue weighted by Gasteiger charge is 2.41.